The first kappa shape index (κ1) is 18.4. The zero-order valence-electron chi connectivity index (χ0n) is 13.3. The fourth-order valence-electron chi connectivity index (χ4n) is 1.72. The smallest absolute Gasteiger partial charge is 0.278 e. The van der Waals surface area contributed by atoms with Gasteiger partial charge in [0, 0.05) is 16.2 Å². The fraction of sp³-hybridized carbons (Fsp3) is 0.250. The average Bonchev–Trinajstić information content (AvgIpc) is 2.53. The molecule has 2 aromatic rings. The first-order chi connectivity index (χ1) is 11.6. The molecule has 0 bridgehead atoms. The summed E-state index contributed by atoms with van der Waals surface area (Å²) in [5.74, 6) is 0.889. The van der Waals surface area contributed by atoms with Gasteiger partial charge >= 0.3 is 0 Å². The lowest BCUT2D eigenvalue weighted by Gasteiger charge is -2.06. The highest BCUT2D eigenvalue weighted by Crippen LogP contribution is 2.17. The molecule has 1 amide bonds. The Morgan fingerprint density at radius 2 is 2.25 bits per heavy atom. The highest BCUT2D eigenvalue weighted by Gasteiger charge is 2.06. The molecule has 1 aromatic carbocycles. The van der Waals surface area contributed by atoms with Gasteiger partial charge in [-0.1, -0.05) is 46.7 Å². The second-order valence-corrected chi connectivity index (χ2v) is 6.85. The highest BCUT2D eigenvalue weighted by molar-refractivity contribution is 9.10. The summed E-state index contributed by atoms with van der Waals surface area (Å²) in [5, 5.41) is 4.54. The van der Waals surface area contributed by atoms with Crippen molar-refractivity contribution in [2.24, 2.45) is 5.10 Å². The number of ether oxygens (including phenoxy) is 1. The Kier molecular flexibility index (Phi) is 7.20. The number of hydrogen-bond donors (Lipinski definition) is 1. The van der Waals surface area contributed by atoms with Crippen molar-refractivity contribution in [1.82, 2.24) is 15.4 Å². The molecule has 24 heavy (non-hydrogen) atoms. The van der Waals surface area contributed by atoms with E-state index in [1.54, 1.807) is 12.3 Å². The van der Waals surface area contributed by atoms with E-state index in [0.29, 0.717) is 11.0 Å². The van der Waals surface area contributed by atoms with Crippen LogP contribution < -0.4 is 10.2 Å². The summed E-state index contributed by atoms with van der Waals surface area (Å²) in [6.45, 7) is 3.72. The number of carbonyl (C=O) groups excluding carboxylic acids is 1. The number of nitrogens with one attached hydrogen (secondary N) is 1. The number of benzene rings is 1. The third kappa shape index (κ3) is 6.29. The molecule has 0 aliphatic heterocycles. The van der Waals surface area contributed by atoms with Crippen molar-refractivity contribution >= 4 is 39.8 Å². The van der Waals surface area contributed by atoms with Gasteiger partial charge in [-0.15, -0.1) is 0 Å². The third-order valence-corrected chi connectivity index (χ3v) is 3.91. The summed E-state index contributed by atoms with van der Waals surface area (Å²) in [6.07, 6.45) is 1.56. The second-order valence-electron chi connectivity index (χ2n) is 4.70. The average molecular weight is 409 g/mol. The maximum atomic E-state index is 11.8. The van der Waals surface area contributed by atoms with Crippen LogP contribution in [-0.2, 0) is 4.79 Å². The molecule has 0 radical (unpaired) electrons. The largest absolute Gasteiger partial charge is 0.467 e. The number of carbonyl (C=O) groups is 1. The van der Waals surface area contributed by atoms with Crippen molar-refractivity contribution in [3.63, 3.8) is 0 Å². The minimum atomic E-state index is -0.359. The van der Waals surface area contributed by atoms with Gasteiger partial charge < -0.3 is 4.74 Å². The first-order valence-corrected chi connectivity index (χ1v) is 9.03. The lowest BCUT2D eigenvalue weighted by molar-refractivity contribution is -0.123. The van der Waals surface area contributed by atoms with Gasteiger partial charge in [0.15, 0.2) is 11.8 Å². The standard InChI is InChI=1S/C16H17BrN4O2S/c1-3-24-16-19-11(2)7-15(20-16)23-10-14(22)21-18-9-12-5-4-6-13(17)8-12/h4-9H,3,10H2,1-2H3,(H,21,22)/b18-9+. The Morgan fingerprint density at radius 3 is 3.00 bits per heavy atom. The Bertz CT molecular complexity index is 740. The van der Waals surface area contributed by atoms with Crippen LogP contribution in [0.15, 0.2) is 45.1 Å². The number of thioether (sulfide) groups is 1. The third-order valence-electron chi connectivity index (χ3n) is 2.69. The van der Waals surface area contributed by atoms with Crippen molar-refractivity contribution < 1.29 is 9.53 Å². The maximum Gasteiger partial charge on any atom is 0.278 e. The molecule has 0 spiro atoms. The molecule has 0 saturated carbocycles. The van der Waals surface area contributed by atoms with Gasteiger partial charge in [-0.05, 0) is 30.4 Å². The molecule has 1 aromatic heterocycles. The van der Waals surface area contributed by atoms with Crippen molar-refractivity contribution in [2.75, 3.05) is 12.4 Å². The van der Waals surface area contributed by atoms with E-state index in [1.165, 1.54) is 11.8 Å². The minimum Gasteiger partial charge on any atom is -0.467 e. The lowest BCUT2D eigenvalue weighted by atomic mass is 10.2. The Morgan fingerprint density at radius 1 is 1.42 bits per heavy atom. The van der Waals surface area contributed by atoms with Crippen LogP contribution in [0.1, 0.15) is 18.2 Å². The molecule has 0 aliphatic carbocycles. The number of halogens is 1. The monoisotopic (exact) mass is 408 g/mol. The molecular weight excluding hydrogens is 392 g/mol. The van der Waals surface area contributed by atoms with Crippen molar-refractivity contribution in [1.29, 1.82) is 0 Å². The molecule has 126 valence electrons. The van der Waals surface area contributed by atoms with E-state index in [1.807, 2.05) is 38.1 Å². The lowest BCUT2D eigenvalue weighted by Crippen LogP contribution is -2.24. The van der Waals surface area contributed by atoms with E-state index in [4.69, 9.17) is 4.74 Å². The molecule has 0 fully saturated rings. The first-order valence-electron chi connectivity index (χ1n) is 7.25. The van der Waals surface area contributed by atoms with Gasteiger partial charge in [0.25, 0.3) is 5.91 Å². The van der Waals surface area contributed by atoms with Gasteiger partial charge in [-0.2, -0.15) is 10.1 Å². The zero-order chi connectivity index (χ0) is 17.4. The number of hydrogen-bond acceptors (Lipinski definition) is 6. The van der Waals surface area contributed by atoms with E-state index in [9.17, 15) is 4.79 Å². The van der Waals surface area contributed by atoms with Crippen LogP contribution in [0.25, 0.3) is 0 Å². The van der Waals surface area contributed by atoms with Gasteiger partial charge in [0.05, 0.1) is 6.21 Å². The molecular formula is C16H17BrN4O2S. The SMILES string of the molecule is CCSc1nc(C)cc(OCC(=O)N/N=C/c2cccc(Br)c2)n1. The van der Waals surface area contributed by atoms with Crippen LogP contribution in [0.3, 0.4) is 0 Å². The molecule has 6 nitrogen and oxygen atoms in total. The summed E-state index contributed by atoms with van der Waals surface area (Å²) >= 11 is 4.89. The molecule has 0 atom stereocenters. The van der Waals surface area contributed by atoms with Gasteiger partial charge in [-0.25, -0.2) is 10.4 Å². The van der Waals surface area contributed by atoms with Crippen LogP contribution in [0.5, 0.6) is 5.88 Å². The molecule has 0 aliphatic rings. The Hall–Kier alpha value is -1.93. The molecule has 0 saturated heterocycles. The summed E-state index contributed by atoms with van der Waals surface area (Å²) in [4.78, 5) is 20.3. The van der Waals surface area contributed by atoms with Crippen LogP contribution in [0.4, 0.5) is 0 Å². The number of hydrazone groups is 1. The van der Waals surface area contributed by atoms with Crippen LogP contribution in [0, 0.1) is 6.92 Å². The van der Waals surface area contributed by atoms with E-state index in [2.05, 4.69) is 36.4 Å². The predicted molar refractivity (Wildman–Crippen MR) is 98.5 cm³/mol. The summed E-state index contributed by atoms with van der Waals surface area (Å²) in [6, 6.07) is 9.27. The predicted octanol–water partition coefficient (Wildman–Crippen LogP) is 3.19. The molecule has 0 unspecified atom stereocenters. The van der Waals surface area contributed by atoms with E-state index >= 15 is 0 Å². The molecule has 2 rings (SSSR count). The number of aryl methyl sites for hydroxylation is 1. The van der Waals surface area contributed by atoms with Crippen molar-refractivity contribution in [3.05, 3.63) is 46.1 Å². The van der Waals surface area contributed by atoms with Gasteiger partial charge in [-0.3, -0.25) is 4.79 Å². The van der Waals surface area contributed by atoms with E-state index < -0.39 is 0 Å². The normalized spacial score (nSPS) is 10.8. The summed E-state index contributed by atoms with van der Waals surface area (Å²) < 4.78 is 6.34. The Balaban J connectivity index is 1.85. The number of amides is 1. The maximum absolute atomic E-state index is 11.8. The molecule has 8 heteroatoms. The van der Waals surface area contributed by atoms with Crippen LogP contribution in [0.2, 0.25) is 0 Å². The number of rotatable bonds is 7. The second kappa shape index (κ2) is 9.39. The summed E-state index contributed by atoms with van der Waals surface area (Å²) in [7, 11) is 0. The zero-order valence-corrected chi connectivity index (χ0v) is 15.7. The fourth-order valence-corrected chi connectivity index (χ4v) is 2.76. The highest BCUT2D eigenvalue weighted by atomic mass is 79.9. The van der Waals surface area contributed by atoms with Crippen molar-refractivity contribution in [2.45, 2.75) is 19.0 Å². The Labute approximate surface area is 153 Å². The van der Waals surface area contributed by atoms with Crippen LogP contribution >= 0.6 is 27.7 Å². The van der Waals surface area contributed by atoms with Crippen molar-refractivity contribution in [3.8, 4) is 5.88 Å². The molecule has 1 N–H and O–H groups in total. The van der Waals surface area contributed by atoms with Gasteiger partial charge in [0.2, 0.25) is 5.88 Å². The summed E-state index contributed by atoms with van der Waals surface area (Å²) in [5.41, 5.74) is 4.09. The van der Waals surface area contributed by atoms with Gasteiger partial charge in [0.1, 0.15) is 0 Å². The number of aromatic nitrogens is 2. The van der Waals surface area contributed by atoms with Crippen LogP contribution in [-0.4, -0.2) is 34.4 Å². The molecule has 1 heterocycles. The van der Waals surface area contributed by atoms with E-state index in [-0.39, 0.29) is 12.5 Å². The number of nitrogens with zero attached hydrogens (tertiary/aromatic N) is 3. The quantitative estimate of drug-likeness (QED) is 0.329. The minimum absolute atomic E-state index is 0.164. The van der Waals surface area contributed by atoms with E-state index in [0.717, 1.165) is 21.5 Å². The topological polar surface area (TPSA) is 76.5 Å².